The Kier molecular flexibility index (Phi) is 4.52. The minimum Gasteiger partial charge on any atom is -0.366 e. The Labute approximate surface area is 113 Å². The molecule has 1 saturated carbocycles. The summed E-state index contributed by atoms with van der Waals surface area (Å²) in [4.78, 5) is 4.25. The van der Waals surface area contributed by atoms with Gasteiger partial charge in [-0.3, -0.25) is 0 Å². The highest BCUT2D eigenvalue weighted by Gasteiger charge is 2.21. The first kappa shape index (κ1) is 13.0. The molecule has 0 aliphatic heterocycles. The lowest BCUT2D eigenvalue weighted by Crippen LogP contribution is -2.27. The summed E-state index contributed by atoms with van der Waals surface area (Å²) in [5.74, 6) is 1.60. The minimum atomic E-state index is 0.500. The van der Waals surface area contributed by atoms with Gasteiger partial charge in [0, 0.05) is 12.2 Å². The zero-order valence-electron chi connectivity index (χ0n) is 10.0. The Bertz CT molecular complexity index is 382. The van der Waals surface area contributed by atoms with Crippen LogP contribution in [0.4, 0.5) is 5.82 Å². The van der Waals surface area contributed by atoms with Crippen LogP contribution in [0.5, 0.6) is 0 Å². The number of aromatic nitrogens is 1. The number of hydrogen-bond donors (Lipinski definition) is 1. The monoisotopic (exact) mass is 272 g/mol. The Morgan fingerprint density at radius 3 is 2.94 bits per heavy atom. The van der Waals surface area contributed by atoms with E-state index in [1.807, 2.05) is 0 Å². The molecule has 1 N–H and O–H groups in total. The molecule has 1 aromatic rings. The molecular weight excluding hydrogens is 255 g/mol. The van der Waals surface area contributed by atoms with E-state index in [1.54, 1.807) is 12.3 Å². The molecule has 0 saturated heterocycles. The van der Waals surface area contributed by atoms with Gasteiger partial charge in [-0.05, 0) is 24.8 Å². The normalized spacial score (nSPS) is 24.6. The van der Waals surface area contributed by atoms with Crippen LogP contribution in [0.2, 0.25) is 10.0 Å². The summed E-state index contributed by atoms with van der Waals surface area (Å²) in [6.07, 6.45) is 7.97. The van der Waals surface area contributed by atoms with Gasteiger partial charge < -0.3 is 5.32 Å². The second kappa shape index (κ2) is 5.92. The van der Waals surface area contributed by atoms with Crippen LogP contribution in [-0.2, 0) is 0 Å². The quantitative estimate of drug-likeness (QED) is 0.858. The van der Waals surface area contributed by atoms with Crippen molar-refractivity contribution < 1.29 is 0 Å². The van der Waals surface area contributed by atoms with Crippen LogP contribution in [0, 0.1) is 5.92 Å². The van der Waals surface area contributed by atoms with E-state index >= 15 is 0 Å². The predicted octanol–water partition coefficient (Wildman–Crippen LogP) is 4.77. The molecule has 1 aromatic heterocycles. The van der Waals surface area contributed by atoms with Crippen molar-refractivity contribution >= 4 is 29.0 Å². The molecule has 1 aliphatic rings. The van der Waals surface area contributed by atoms with Gasteiger partial charge >= 0.3 is 0 Å². The van der Waals surface area contributed by atoms with E-state index in [0.717, 1.165) is 11.7 Å². The average Bonchev–Trinajstić information content (AvgIpc) is 2.33. The molecule has 1 fully saturated rings. The van der Waals surface area contributed by atoms with Gasteiger partial charge in [-0.25, -0.2) is 4.98 Å². The third-order valence-electron chi connectivity index (χ3n) is 3.51. The number of pyridine rings is 1. The van der Waals surface area contributed by atoms with Crippen LogP contribution in [0.15, 0.2) is 12.3 Å². The molecule has 17 heavy (non-hydrogen) atoms. The fraction of sp³-hybridized carbons (Fsp3) is 0.615. The molecule has 2 atom stereocenters. The molecule has 0 radical (unpaired) electrons. The molecule has 0 amide bonds. The first-order valence-electron chi connectivity index (χ1n) is 6.26. The zero-order chi connectivity index (χ0) is 12.3. The Morgan fingerprint density at radius 1 is 1.41 bits per heavy atom. The van der Waals surface area contributed by atoms with E-state index in [1.165, 1.54) is 32.1 Å². The first-order chi connectivity index (χ1) is 8.19. The molecular formula is C13H18Cl2N2. The largest absolute Gasteiger partial charge is 0.366 e. The lowest BCUT2D eigenvalue weighted by Gasteiger charge is -2.29. The highest BCUT2D eigenvalue weighted by atomic mass is 35.5. The van der Waals surface area contributed by atoms with E-state index in [9.17, 15) is 0 Å². The lowest BCUT2D eigenvalue weighted by atomic mass is 9.84. The first-order valence-corrected chi connectivity index (χ1v) is 7.02. The van der Waals surface area contributed by atoms with E-state index in [2.05, 4.69) is 17.2 Å². The van der Waals surface area contributed by atoms with Gasteiger partial charge in [-0.15, -0.1) is 0 Å². The van der Waals surface area contributed by atoms with E-state index in [4.69, 9.17) is 23.2 Å². The average molecular weight is 273 g/mol. The smallest absolute Gasteiger partial charge is 0.145 e. The molecule has 4 heteroatoms. The summed E-state index contributed by atoms with van der Waals surface area (Å²) in [7, 11) is 0. The lowest BCUT2D eigenvalue weighted by molar-refractivity contribution is 0.327. The van der Waals surface area contributed by atoms with Crippen LogP contribution in [0.25, 0.3) is 0 Å². The van der Waals surface area contributed by atoms with Crippen LogP contribution in [-0.4, -0.2) is 11.0 Å². The number of halogens is 2. The number of nitrogens with one attached hydrogen (secondary N) is 1. The summed E-state index contributed by atoms with van der Waals surface area (Å²) < 4.78 is 0. The molecule has 2 rings (SSSR count). The Balaban J connectivity index is 2.00. The second-order valence-corrected chi connectivity index (χ2v) is 5.61. The molecule has 0 bridgehead atoms. The third-order valence-corrected chi connectivity index (χ3v) is 4.00. The second-order valence-electron chi connectivity index (χ2n) is 4.77. The van der Waals surface area contributed by atoms with Crippen LogP contribution in [0.3, 0.4) is 0 Å². The summed E-state index contributed by atoms with van der Waals surface area (Å²) in [6.45, 7) is 2.26. The summed E-state index contributed by atoms with van der Waals surface area (Å²) in [5, 5.41) is 4.63. The van der Waals surface area contributed by atoms with E-state index in [0.29, 0.717) is 16.1 Å². The van der Waals surface area contributed by atoms with Crippen molar-refractivity contribution in [3.05, 3.63) is 22.3 Å². The third kappa shape index (κ3) is 3.49. The van der Waals surface area contributed by atoms with Gasteiger partial charge in [0.2, 0.25) is 0 Å². The van der Waals surface area contributed by atoms with Crippen molar-refractivity contribution in [1.82, 2.24) is 4.98 Å². The highest BCUT2D eigenvalue weighted by Crippen LogP contribution is 2.30. The highest BCUT2D eigenvalue weighted by molar-refractivity contribution is 6.35. The number of nitrogens with zero attached hydrogens (tertiary/aromatic N) is 1. The summed E-state index contributed by atoms with van der Waals surface area (Å²) in [6, 6.07) is 2.23. The zero-order valence-corrected chi connectivity index (χ0v) is 11.6. The molecule has 2 unspecified atom stereocenters. The molecule has 2 nitrogen and oxygen atoms in total. The van der Waals surface area contributed by atoms with Gasteiger partial charge in [0.25, 0.3) is 0 Å². The fourth-order valence-corrected chi connectivity index (χ4v) is 2.94. The number of rotatable bonds is 3. The van der Waals surface area contributed by atoms with Gasteiger partial charge in [0.15, 0.2) is 0 Å². The van der Waals surface area contributed by atoms with Crippen molar-refractivity contribution in [3.63, 3.8) is 0 Å². The molecule has 0 spiro atoms. The van der Waals surface area contributed by atoms with Crippen LogP contribution in [0.1, 0.15) is 39.0 Å². The van der Waals surface area contributed by atoms with Crippen LogP contribution < -0.4 is 5.32 Å². The van der Waals surface area contributed by atoms with E-state index in [-0.39, 0.29) is 0 Å². The van der Waals surface area contributed by atoms with Crippen molar-refractivity contribution in [2.75, 3.05) is 5.32 Å². The summed E-state index contributed by atoms with van der Waals surface area (Å²) >= 11 is 11.9. The fourth-order valence-electron chi connectivity index (χ4n) is 2.51. The maximum absolute atomic E-state index is 6.11. The van der Waals surface area contributed by atoms with E-state index < -0.39 is 0 Å². The maximum Gasteiger partial charge on any atom is 0.145 e. The number of hydrogen-bond acceptors (Lipinski definition) is 2. The van der Waals surface area contributed by atoms with Gasteiger partial charge in [-0.2, -0.15) is 0 Å². The standard InChI is InChI=1S/C13H18Cl2N2/c1-2-9-4-3-5-11(6-9)17-13-12(15)7-10(14)8-16-13/h7-9,11H,2-6H2,1H3,(H,16,17). The van der Waals surface area contributed by atoms with Gasteiger partial charge in [-0.1, -0.05) is 49.4 Å². The van der Waals surface area contributed by atoms with Gasteiger partial charge in [0.1, 0.15) is 5.82 Å². The van der Waals surface area contributed by atoms with Crippen LogP contribution >= 0.6 is 23.2 Å². The predicted molar refractivity (Wildman–Crippen MR) is 73.9 cm³/mol. The maximum atomic E-state index is 6.11. The SMILES string of the molecule is CCC1CCCC(Nc2ncc(Cl)cc2Cl)C1. The summed E-state index contributed by atoms with van der Waals surface area (Å²) in [5.41, 5.74) is 0. The number of anilines is 1. The molecule has 0 aromatic carbocycles. The van der Waals surface area contributed by atoms with Crippen molar-refractivity contribution in [2.24, 2.45) is 5.92 Å². The molecule has 1 aliphatic carbocycles. The van der Waals surface area contributed by atoms with Crippen molar-refractivity contribution in [3.8, 4) is 0 Å². The molecule has 94 valence electrons. The molecule has 1 heterocycles. The van der Waals surface area contributed by atoms with Crippen molar-refractivity contribution in [1.29, 1.82) is 0 Å². The Hall–Kier alpha value is -0.470. The van der Waals surface area contributed by atoms with Crippen molar-refractivity contribution in [2.45, 2.75) is 45.1 Å². The topological polar surface area (TPSA) is 24.9 Å². The minimum absolute atomic E-state index is 0.500. The Morgan fingerprint density at radius 2 is 2.24 bits per heavy atom. The van der Waals surface area contributed by atoms with Gasteiger partial charge in [0.05, 0.1) is 10.0 Å².